The van der Waals surface area contributed by atoms with Crippen molar-refractivity contribution in [3.63, 3.8) is 0 Å². The molecule has 0 saturated carbocycles. The van der Waals surface area contributed by atoms with Gasteiger partial charge in [0.25, 0.3) is 0 Å². The lowest BCUT2D eigenvalue weighted by atomic mass is 10.0. The van der Waals surface area contributed by atoms with Gasteiger partial charge in [-0.1, -0.05) is 6.07 Å². The zero-order valence-electron chi connectivity index (χ0n) is 17.6. The number of ether oxygens (including phenoxy) is 2. The summed E-state index contributed by atoms with van der Waals surface area (Å²) in [4.78, 5) is 26.9. The Morgan fingerprint density at radius 1 is 1.20 bits per heavy atom. The van der Waals surface area contributed by atoms with Crippen LogP contribution >= 0.6 is 0 Å². The first kappa shape index (κ1) is 23.8. The summed E-state index contributed by atoms with van der Waals surface area (Å²) in [6, 6.07) is 4.07. The van der Waals surface area contributed by atoms with E-state index in [0.29, 0.717) is 32.0 Å². The molecule has 0 spiro atoms. The number of likely N-dealkylation sites (N-methyl/N-ethyl adjacent to an activating group) is 1. The highest BCUT2D eigenvalue weighted by atomic mass is 19.4. The van der Waals surface area contributed by atoms with E-state index in [0.717, 1.165) is 11.0 Å². The third-order valence-electron chi connectivity index (χ3n) is 4.34. The lowest BCUT2D eigenvalue weighted by molar-refractivity contribution is -0.138. The van der Waals surface area contributed by atoms with Crippen LogP contribution in [0.25, 0.3) is 0 Å². The van der Waals surface area contributed by atoms with E-state index in [1.165, 1.54) is 13.1 Å². The normalized spacial score (nSPS) is 15.0. The average molecular weight is 431 g/mol. The summed E-state index contributed by atoms with van der Waals surface area (Å²) in [6.45, 7) is 6.40. The molecule has 0 aromatic heterocycles. The zero-order chi connectivity index (χ0) is 22.5. The van der Waals surface area contributed by atoms with E-state index in [-0.39, 0.29) is 18.7 Å². The summed E-state index contributed by atoms with van der Waals surface area (Å²) in [5, 5.41) is 2.44. The van der Waals surface area contributed by atoms with E-state index in [1.54, 1.807) is 26.8 Å². The predicted octanol–water partition coefficient (Wildman–Crippen LogP) is 3.03. The fraction of sp³-hybridized carbons (Fsp3) is 0.600. The van der Waals surface area contributed by atoms with Crippen LogP contribution < -0.4 is 10.2 Å². The van der Waals surface area contributed by atoms with Crippen molar-refractivity contribution in [1.82, 2.24) is 10.2 Å². The third-order valence-corrected chi connectivity index (χ3v) is 4.34. The van der Waals surface area contributed by atoms with Crippen molar-refractivity contribution in [2.24, 2.45) is 0 Å². The van der Waals surface area contributed by atoms with Crippen LogP contribution in [0.5, 0.6) is 0 Å². The van der Waals surface area contributed by atoms with Crippen LogP contribution in [-0.2, 0) is 27.0 Å². The van der Waals surface area contributed by atoms with Gasteiger partial charge in [-0.3, -0.25) is 4.79 Å². The van der Waals surface area contributed by atoms with E-state index in [1.807, 2.05) is 4.90 Å². The molecule has 1 aromatic rings. The van der Waals surface area contributed by atoms with Crippen LogP contribution in [0.15, 0.2) is 18.2 Å². The molecule has 0 unspecified atom stereocenters. The monoisotopic (exact) mass is 431 g/mol. The maximum Gasteiger partial charge on any atom is 0.416 e. The van der Waals surface area contributed by atoms with Gasteiger partial charge < -0.3 is 24.6 Å². The SMILES string of the molecule is CN(CC(=O)NCc1ccc(N2CCOCC2)cc1C(F)(F)F)C(=O)OC(C)(C)C. The first-order valence-corrected chi connectivity index (χ1v) is 9.60. The second kappa shape index (κ2) is 9.55. The lowest BCUT2D eigenvalue weighted by Crippen LogP contribution is -2.41. The second-order valence-corrected chi connectivity index (χ2v) is 8.05. The molecule has 2 amide bonds. The minimum absolute atomic E-state index is 0.0484. The first-order valence-electron chi connectivity index (χ1n) is 9.60. The molecular weight excluding hydrogens is 403 g/mol. The van der Waals surface area contributed by atoms with Gasteiger partial charge in [0.05, 0.1) is 18.8 Å². The van der Waals surface area contributed by atoms with Gasteiger partial charge in [0, 0.05) is 32.4 Å². The minimum atomic E-state index is -4.56. The number of alkyl halides is 3. The Kier molecular flexibility index (Phi) is 7.57. The van der Waals surface area contributed by atoms with Gasteiger partial charge >= 0.3 is 12.3 Å². The molecule has 10 heteroatoms. The number of morpholine rings is 1. The number of nitrogens with zero attached hydrogens (tertiary/aromatic N) is 2. The average Bonchev–Trinajstić information content (AvgIpc) is 2.65. The number of halogens is 3. The number of hydrogen-bond donors (Lipinski definition) is 1. The molecule has 1 aromatic carbocycles. The van der Waals surface area contributed by atoms with Crippen molar-refractivity contribution in [2.45, 2.75) is 39.1 Å². The van der Waals surface area contributed by atoms with E-state index < -0.39 is 29.3 Å². The van der Waals surface area contributed by atoms with Gasteiger partial charge in [-0.25, -0.2) is 4.79 Å². The van der Waals surface area contributed by atoms with Gasteiger partial charge in [-0.15, -0.1) is 0 Å². The predicted molar refractivity (Wildman–Crippen MR) is 105 cm³/mol. The second-order valence-electron chi connectivity index (χ2n) is 8.05. The molecule has 0 radical (unpaired) electrons. The van der Waals surface area contributed by atoms with Crippen molar-refractivity contribution in [3.05, 3.63) is 29.3 Å². The number of hydrogen-bond acceptors (Lipinski definition) is 5. The van der Waals surface area contributed by atoms with Crippen molar-refractivity contribution >= 4 is 17.7 Å². The lowest BCUT2D eigenvalue weighted by Gasteiger charge is -2.29. The number of benzene rings is 1. The van der Waals surface area contributed by atoms with Crippen LogP contribution in [0.4, 0.5) is 23.7 Å². The topological polar surface area (TPSA) is 71.1 Å². The van der Waals surface area contributed by atoms with Crippen molar-refractivity contribution in [3.8, 4) is 0 Å². The maximum atomic E-state index is 13.6. The largest absolute Gasteiger partial charge is 0.444 e. The zero-order valence-corrected chi connectivity index (χ0v) is 17.6. The highest BCUT2D eigenvalue weighted by Gasteiger charge is 2.34. The van der Waals surface area contributed by atoms with Crippen LogP contribution in [0.2, 0.25) is 0 Å². The molecule has 1 fully saturated rings. The molecule has 168 valence electrons. The van der Waals surface area contributed by atoms with Crippen molar-refractivity contribution in [2.75, 3.05) is 44.8 Å². The summed E-state index contributed by atoms with van der Waals surface area (Å²) in [5.41, 5.74) is -1.10. The van der Waals surface area contributed by atoms with Gasteiger partial charge in [0.2, 0.25) is 5.91 Å². The van der Waals surface area contributed by atoms with Gasteiger partial charge in [-0.05, 0) is 38.5 Å². The minimum Gasteiger partial charge on any atom is -0.444 e. The number of rotatable bonds is 5. The summed E-state index contributed by atoms with van der Waals surface area (Å²) < 4.78 is 51.1. The molecule has 7 nitrogen and oxygen atoms in total. The Morgan fingerprint density at radius 2 is 1.83 bits per heavy atom. The van der Waals surface area contributed by atoms with Gasteiger partial charge in [0.15, 0.2) is 0 Å². The standard InChI is InChI=1S/C20H28F3N3O4/c1-19(2,3)30-18(28)25(4)13-17(27)24-12-14-5-6-15(11-16(14)20(21,22)23)26-7-9-29-10-8-26/h5-6,11H,7-10,12-13H2,1-4H3,(H,24,27). The summed E-state index contributed by atoms with van der Waals surface area (Å²) in [5.74, 6) is -0.589. The molecule has 0 bridgehead atoms. The fourth-order valence-corrected chi connectivity index (χ4v) is 2.87. The van der Waals surface area contributed by atoms with Crippen molar-refractivity contribution in [1.29, 1.82) is 0 Å². The highest BCUT2D eigenvalue weighted by Crippen LogP contribution is 2.35. The van der Waals surface area contributed by atoms with Crippen molar-refractivity contribution < 1.29 is 32.2 Å². The Labute approximate surface area is 174 Å². The molecule has 1 aliphatic rings. The van der Waals surface area contributed by atoms with Gasteiger partial charge in [0.1, 0.15) is 12.1 Å². The molecular formula is C20H28F3N3O4. The summed E-state index contributed by atoms with van der Waals surface area (Å²) >= 11 is 0. The van der Waals surface area contributed by atoms with E-state index in [2.05, 4.69) is 5.32 Å². The number of carbonyl (C=O) groups is 2. The van der Waals surface area contributed by atoms with E-state index in [9.17, 15) is 22.8 Å². The third kappa shape index (κ3) is 7.08. The van der Waals surface area contributed by atoms with E-state index in [4.69, 9.17) is 9.47 Å². The molecule has 0 atom stereocenters. The number of anilines is 1. The van der Waals surface area contributed by atoms with Gasteiger partial charge in [-0.2, -0.15) is 13.2 Å². The Morgan fingerprint density at radius 3 is 2.40 bits per heavy atom. The molecule has 1 saturated heterocycles. The Bertz CT molecular complexity index is 757. The first-order chi connectivity index (χ1) is 13.9. The van der Waals surface area contributed by atoms with Crippen LogP contribution in [0.3, 0.4) is 0 Å². The van der Waals surface area contributed by atoms with Crippen LogP contribution in [0.1, 0.15) is 31.9 Å². The highest BCUT2D eigenvalue weighted by molar-refractivity contribution is 5.82. The maximum absolute atomic E-state index is 13.6. The number of nitrogens with one attached hydrogen (secondary N) is 1. The van der Waals surface area contributed by atoms with Crippen LogP contribution in [0, 0.1) is 0 Å². The number of carbonyl (C=O) groups excluding carboxylic acids is 2. The fourth-order valence-electron chi connectivity index (χ4n) is 2.87. The Balaban J connectivity index is 2.03. The molecule has 1 N–H and O–H groups in total. The smallest absolute Gasteiger partial charge is 0.416 e. The molecule has 1 aliphatic heterocycles. The molecule has 1 heterocycles. The molecule has 30 heavy (non-hydrogen) atoms. The quantitative estimate of drug-likeness (QED) is 0.776. The van der Waals surface area contributed by atoms with Crippen LogP contribution in [-0.4, -0.2) is 62.4 Å². The van der Waals surface area contributed by atoms with E-state index >= 15 is 0 Å². The molecule has 0 aliphatic carbocycles. The summed E-state index contributed by atoms with van der Waals surface area (Å²) in [7, 11) is 1.38. The molecule has 2 rings (SSSR count). The number of amides is 2. The summed E-state index contributed by atoms with van der Waals surface area (Å²) in [6.07, 6.45) is -5.25. The Hall–Kier alpha value is -2.49.